The van der Waals surface area contributed by atoms with Crippen LogP contribution in [0.4, 0.5) is 10.7 Å². The molecule has 0 aliphatic carbocycles. The van der Waals surface area contributed by atoms with Crippen molar-refractivity contribution >= 4 is 12.0 Å². The molecule has 0 atom stereocenters. The number of amides is 2. The summed E-state index contributed by atoms with van der Waals surface area (Å²) in [5.74, 6) is 0.163. The van der Waals surface area contributed by atoms with Gasteiger partial charge in [0.1, 0.15) is 0 Å². The summed E-state index contributed by atoms with van der Waals surface area (Å²) in [5.41, 5.74) is 4.99. The van der Waals surface area contributed by atoms with Gasteiger partial charge in [0.25, 0.3) is 5.95 Å². The molecule has 2 amide bonds. The molecule has 0 aliphatic heterocycles. The number of aromatic nitrogens is 4. The highest BCUT2D eigenvalue weighted by molar-refractivity contribution is 5.85. The number of hydrogen-bond donors (Lipinski definition) is 2. The highest BCUT2D eigenvalue weighted by Gasteiger charge is 2.03. The molecule has 0 fully saturated rings. The number of nitrogens with one attached hydrogen (secondary N) is 1. The number of aryl methyl sites for hydroxylation is 1. The average molecular weight is 324 g/mol. The maximum Gasteiger partial charge on any atom is 0.319 e. The summed E-state index contributed by atoms with van der Waals surface area (Å²) in [4.78, 5) is 12.1. The molecule has 0 spiro atoms. The number of tetrazole rings is 1. The predicted molar refractivity (Wildman–Crippen MR) is 92.1 cm³/mol. The lowest BCUT2D eigenvalue weighted by Crippen LogP contribution is -2.20. The highest BCUT2D eigenvalue weighted by Crippen LogP contribution is 2.12. The van der Waals surface area contributed by atoms with Crippen LogP contribution in [0.2, 0.25) is 0 Å². The number of nitrogens with zero attached hydrogens (tertiary/aromatic N) is 4. The van der Waals surface area contributed by atoms with Crippen molar-refractivity contribution in [3.05, 3.63) is 0 Å². The number of nitrogens with two attached hydrogens (primary N) is 1. The van der Waals surface area contributed by atoms with Crippen LogP contribution in [0.1, 0.15) is 84.0 Å². The minimum atomic E-state index is -0.671. The van der Waals surface area contributed by atoms with E-state index in [1.54, 1.807) is 0 Å². The molecule has 0 aromatic carbocycles. The van der Waals surface area contributed by atoms with Gasteiger partial charge < -0.3 is 5.73 Å². The number of rotatable bonds is 14. The fraction of sp³-hybridized carbons (Fsp3) is 0.875. The molecule has 0 aliphatic rings. The summed E-state index contributed by atoms with van der Waals surface area (Å²) in [7, 11) is 0. The topological polar surface area (TPSA) is 98.7 Å². The van der Waals surface area contributed by atoms with Crippen LogP contribution in [0.25, 0.3) is 0 Å². The van der Waals surface area contributed by atoms with E-state index < -0.39 is 6.03 Å². The molecule has 1 heterocycles. The van der Waals surface area contributed by atoms with Gasteiger partial charge in [0.2, 0.25) is 0 Å². The molecule has 1 aromatic heterocycles. The zero-order chi connectivity index (χ0) is 16.8. The first-order valence-electron chi connectivity index (χ1n) is 9.06. The van der Waals surface area contributed by atoms with Gasteiger partial charge in [0.15, 0.2) is 0 Å². The minimum absolute atomic E-state index is 0.163. The van der Waals surface area contributed by atoms with Gasteiger partial charge in [-0.2, -0.15) is 4.80 Å². The van der Waals surface area contributed by atoms with Gasteiger partial charge in [0, 0.05) is 0 Å². The van der Waals surface area contributed by atoms with E-state index in [-0.39, 0.29) is 5.95 Å². The monoisotopic (exact) mass is 324 g/mol. The molecule has 0 bridgehead atoms. The van der Waals surface area contributed by atoms with Crippen molar-refractivity contribution in [1.29, 1.82) is 0 Å². The third-order valence-electron chi connectivity index (χ3n) is 3.90. The van der Waals surface area contributed by atoms with Crippen molar-refractivity contribution in [2.24, 2.45) is 5.73 Å². The number of urea groups is 1. The molecule has 1 rings (SSSR count). The quantitative estimate of drug-likeness (QED) is 0.507. The molecule has 3 N–H and O–H groups in total. The molecule has 0 unspecified atom stereocenters. The Balaban J connectivity index is 1.88. The van der Waals surface area contributed by atoms with Crippen molar-refractivity contribution < 1.29 is 4.79 Å². The van der Waals surface area contributed by atoms with Crippen molar-refractivity contribution in [2.45, 2.75) is 90.5 Å². The highest BCUT2D eigenvalue weighted by atomic mass is 16.2. The Hall–Kier alpha value is -1.66. The van der Waals surface area contributed by atoms with Gasteiger partial charge in [-0.3, -0.25) is 5.32 Å². The summed E-state index contributed by atoms with van der Waals surface area (Å²) in [6.07, 6.45) is 15.8. The van der Waals surface area contributed by atoms with E-state index in [1.165, 1.54) is 75.4 Å². The third kappa shape index (κ3) is 10.7. The first-order valence-corrected chi connectivity index (χ1v) is 9.06. The van der Waals surface area contributed by atoms with E-state index in [0.29, 0.717) is 0 Å². The van der Waals surface area contributed by atoms with Gasteiger partial charge in [-0.15, -0.1) is 5.10 Å². The second kappa shape index (κ2) is 12.8. The maximum atomic E-state index is 10.6. The third-order valence-corrected chi connectivity index (χ3v) is 3.90. The van der Waals surface area contributed by atoms with Gasteiger partial charge in [-0.05, 0) is 11.6 Å². The molecule has 7 heteroatoms. The molecule has 7 nitrogen and oxygen atoms in total. The molecule has 0 radical (unpaired) electrons. The first kappa shape index (κ1) is 19.4. The predicted octanol–water partition coefficient (Wildman–Crippen LogP) is 3.86. The summed E-state index contributed by atoms with van der Waals surface area (Å²) >= 11 is 0. The maximum absolute atomic E-state index is 10.6. The zero-order valence-electron chi connectivity index (χ0n) is 14.5. The number of anilines is 1. The molecule has 0 saturated carbocycles. The Labute approximate surface area is 139 Å². The minimum Gasteiger partial charge on any atom is -0.351 e. The SMILES string of the molecule is CCCCCCCCCCCCCCn1nnc(NC(N)=O)n1. The molecule has 132 valence electrons. The van der Waals surface area contributed by atoms with Gasteiger partial charge >= 0.3 is 6.03 Å². The van der Waals surface area contributed by atoms with Gasteiger partial charge in [-0.1, -0.05) is 82.7 Å². The Morgan fingerprint density at radius 3 is 2.00 bits per heavy atom. The van der Waals surface area contributed by atoms with Crippen LogP contribution in [0.3, 0.4) is 0 Å². The van der Waals surface area contributed by atoms with E-state index in [2.05, 4.69) is 27.7 Å². The second-order valence-electron chi connectivity index (χ2n) is 6.09. The van der Waals surface area contributed by atoms with Crippen LogP contribution in [-0.4, -0.2) is 26.2 Å². The smallest absolute Gasteiger partial charge is 0.319 e. The fourth-order valence-electron chi connectivity index (χ4n) is 2.59. The Morgan fingerprint density at radius 2 is 1.48 bits per heavy atom. The lowest BCUT2D eigenvalue weighted by molar-refractivity contribution is 0.259. The van der Waals surface area contributed by atoms with Gasteiger partial charge in [-0.25, -0.2) is 4.79 Å². The largest absolute Gasteiger partial charge is 0.351 e. The summed E-state index contributed by atoms with van der Waals surface area (Å²) in [5, 5.41) is 13.9. The fourth-order valence-corrected chi connectivity index (χ4v) is 2.59. The molecular formula is C16H32N6O. The summed E-state index contributed by atoms with van der Waals surface area (Å²) in [6, 6.07) is -0.671. The lowest BCUT2D eigenvalue weighted by Gasteiger charge is -2.02. The van der Waals surface area contributed by atoms with Crippen LogP contribution in [0, 0.1) is 0 Å². The number of carbonyl (C=O) groups is 1. The summed E-state index contributed by atoms with van der Waals surface area (Å²) < 4.78 is 0. The standard InChI is InChI=1S/C16H32N6O/c1-2-3-4-5-6-7-8-9-10-11-12-13-14-22-20-16(19-21-22)18-15(17)23/h2-14H2,1H3,(H3,17,18,20,23). The Morgan fingerprint density at radius 1 is 0.957 bits per heavy atom. The van der Waals surface area contributed by atoms with Crippen molar-refractivity contribution in [2.75, 3.05) is 5.32 Å². The van der Waals surface area contributed by atoms with Crippen LogP contribution in [0.15, 0.2) is 0 Å². The van der Waals surface area contributed by atoms with Crippen LogP contribution in [0.5, 0.6) is 0 Å². The number of carbonyl (C=O) groups excluding carboxylic acids is 1. The molecule has 23 heavy (non-hydrogen) atoms. The van der Waals surface area contributed by atoms with Gasteiger partial charge in [0.05, 0.1) is 6.54 Å². The van der Waals surface area contributed by atoms with E-state index in [4.69, 9.17) is 5.73 Å². The van der Waals surface area contributed by atoms with Crippen molar-refractivity contribution in [1.82, 2.24) is 20.2 Å². The summed E-state index contributed by atoms with van der Waals surface area (Å²) in [6.45, 7) is 2.99. The van der Waals surface area contributed by atoms with Crippen molar-refractivity contribution in [3.63, 3.8) is 0 Å². The van der Waals surface area contributed by atoms with E-state index >= 15 is 0 Å². The van der Waals surface area contributed by atoms with E-state index in [1.807, 2.05) is 0 Å². The Bertz CT molecular complexity index is 420. The van der Waals surface area contributed by atoms with Crippen molar-refractivity contribution in [3.8, 4) is 0 Å². The van der Waals surface area contributed by atoms with E-state index in [9.17, 15) is 4.79 Å². The van der Waals surface area contributed by atoms with E-state index in [0.717, 1.165) is 13.0 Å². The average Bonchev–Trinajstić information content (AvgIpc) is 2.95. The molecule has 0 saturated heterocycles. The molecular weight excluding hydrogens is 292 g/mol. The Kier molecular flexibility index (Phi) is 10.8. The first-order chi connectivity index (χ1) is 11.2. The zero-order valence-corrected chi connectivity index (χ0v) is 14.5. The van der Waals surface area contributed by atoms with Crippen LogP contribution in [-0.2, 0) is 6.54 Å². The second-order valence-corrected chi connectivity index (χ2v) is 6.09. The normalized spacial score (nSPS) is 10.8. The number of hydrogen-bond acceptors (Lipinski definition) is 4. The number of primary amides is 1. The lowest BCUT2D eigenvalue weighted by atomic mass is 10.1. The molecule has 1 aromatic rings. The van der Waals surface area contributed by atoms with Crippen LogP contribution >= 0.6 is 0 Å². The number of unbranched alkanes of at least 4 members (excludes halogenated alkanes) is 11. The van der Waals surface area contributed by atoms with Crippen LogP contribution < -0.4 is 11.1 Å².